The number of aromatic amines is 2. The van der Waals surface area contributed by atoms with Crippen molar-refractivity contribution in [2.24, 2.45) is 0 Å². The zero-order chi connectivity index (χ0) is 37.7. The van der Waals surface area contributed by atoms with Crippen molar-refractivity contribution in [1.29, 1.82) is 0 Å². The van der Waals surface area contributed by atoms with Crippen molar-refractivity contribution in [2.75, 3.05) is 27.3 Å². The number of aliphatic hydroxyl groups excluding tert-OH is 2. The van der Waals surface area contributed by atoms with E-state index in [1.807, 2.05) is 24.3 Å². The molecule has 8 rings (SSSR count). The lowest BCUT2D eigenvalue weighted by atomic mass is 9.87. The highest BCUT2D eigenvalue weighted by Gasteiger charge is 2.38. The number of hydrogen-bond donors (Lipinski definition) is 6. The van der Waals surface area contributed by atoms with Crippen molar-refractivity contribution in [3.63, 3.8) is 0 Å². The lowest BCUT2D eigenvalue weighted by Gasteiger charge is -2.30. The second-order valence-electron chi connectivity index (χ2n) is 13.4. The van der Waals surface area contributed by atoms with Gasteiger partial charge in [-0.25, -0.2) is 19.6 Å². The molecule has 18 heteroatoms. The number of benzene rings is 2. The summed E-state index contributed by atoms with van der Waals surface area (Å²) in [6, 6.07) is 7.15. The summed E-state index contributed by atoms with van der Waals surface area (Å²) >= 11 is 0. The smallest absolute Gasteiger partial charge is 0.409 e. The predicted molar refractivity (Wildman–Crippen MR) is 186 cm³/mol. The highest BCUT2D eigenvalue weighted by atomic mass is 16.5. The quantitative estimate of drug-likeness (QED) is 0.143. The minimum atomic E-state index is -1.74. The van der Waals surface area contributed by atoms with E-state index in [1.54, 1.807) is 12.4 Å². The molecule has 4 amide bonds. The Hall–Kier alpha value is -6.14. The maximum absolute atomic E-state index is 12.9. The molecular formula is C36H38N8O10. The molecule has 2 aromatic carbocycles. The van der Waals surface area contributed by atoms with Crippen LogP contribution in [0, 0.1) is 0 Å². The first-order chi connectivity index (χ1) is 26.1. The molecule has 2 fully saturated rings. The second kappa shape index (κ2) is 14.0. The molecular weight excluding hydrogens is 704 g/mol. The molecule has 0 unspecified atom stereocenters. The number of rotatable bonds is 8. The van der Waals surface area contributed by atoms with Crippen LogP contribution < -0.4 is 20.1 Å². The molecule has 6 heterocycles. The first-order valence-electron chi connectivity index (χ1n) is 17.5. The Morgan fingerprint density at radius 3 is 1.57 bits per heavy atom. The monoisotopic (exact) mass is 742 g/mol. The van der Waals surface area contributed by atoms with Gasteiger partial charge in [0, 0.05) is 46.5 Å². The Morgan fingerprint density at radius 1 is 0.741 bits per heavy atom. The first-order valence-corrected chi connectivity index (χ1v) is 17.5. The number of imidazole rings is 2. The molecule has 0 radical (unpaired) electrons. The van der Waals surface area contributed by atoms with Crippen molar-refractivity contribution in [2.45, 2.75) is 63.4 Å². The average molecular weight is 743 g/mol. The number of methoxy groups -OCH3 is 2. The number of aromatic nitrogens is 4. The van der Waals surface area contributed by atoms with E-state index in [0.717, 1.165) is 59.0 Å². The number of ether oxygens (including phenoxy) is 4. The van der Waals surface area contributed by atoms with Gasteiger partial charge in [-0.1, -0.05) is 0 Å². The standard InChI is InChI=1S/C36H38N8O10/c1-51-35(49)41-31(45)33(47)43-7-3-5-23(43)29-37-13-21(39-29)17-9-19-15-54-26-12-18(10-20-16-53-25(11-17)27(19)28(20)26)22-14-38-30(40-22)24-6-4-8-44(24)34(48)32(46)42-36(50)52-2/h9-14,23-24,31-32,45-46H,3-8,15-16H2,1-2H3,(H,37,39)(H,38,40)(H,41,49)(H,42,50)/t23-,24-,31-,32-/m0/s1. The molecule has 2 saturated heterocycles. The molecule has 18 nitrogen and oxygen atoms in total. The van der Waals surface area contributed by atoms with Crippen molar-refractivity contribution < 1.29 is 48.3 Å². The lowest BCUT2D eigenvalue weighted by Crippen LogP contribution is -2.48. The van der Waals surface area contributed by atoms with Crippen LogP contribution in [0.3, 0.4) is 0 Å². The topological polar surface area (TPSA) is 234 Å². The van der Waals surface area contributed by atoms with Gasteiger partial charge in [-0.3, -0.25) is 20.2 Å². The molecule has 4 aromatic rings. The fraction of sp³-hybridized carbons (Fsp3) is 0.389. The Bertz CT molecular complexity index is 1950. The average Bonchev–Trinajstić information content (AvgIpc) is 4.02. The highest BCUT2D eigenvalue weighted by Crippen LogP contribution is 2.51. The van der Waals surface area contributed by atoms with Crippen LogP contribution in [0.4, 0.5) is 9.59 Å². The third-order valence-corrected chi connectivity index (χ3v) is 10.2. The molecule has 0 saturated carbocycles. The number of carbonyl (C=O) groups excluding carboxylic acids is 4. The largest absolute Gasteiger partial charge is 0.488 e. The second-order valence-corrected chi connectivity index (χ2v) is 13.4. The molecule has 4 aliphatic rings. The maximum atomic E-state index is 12.9. The summed E-state index contributed by atoms with van der Waals surface area (Å²) in [5, 5.41) is 24.7. The van der Waals surface area contributed by atoms with Gasteiger partial charge in [0.1, 0.15) is 36.4 Å². The molecule has 2 aromatic heterocycles. The summed E-state index contributed by atoms with van der Waals surface area (Å²) in [5.74, 6) is 1.25. The Morgan fingerprint density at radius 2 is 1.17 bits per heavy atom. The Balaban J connectivity index is 1.01. The predicted octanol–water partition coefficient (Wildman–Crippen LogP) is 2.59. The zero-order valence-corrected chi connectivity index (χ0v) is 29.4. The van der Waals surface area contributed by atoms with Crippen LogP contribution in [0.1, 0.15) is 60.5 Å². The number of alkyl carbamates (subject to hydrolysis) is 2. The van der Waals surface area contributed by atoms with E-state index in [4.69, 9.17) is 9.47 Å². The fourth-order valence-corrected chi connectivity index (χ4v) is 7.70. The van der Waals surface area contributed by atoms with Crippen LogP contribution in [-0.4, -0.2) is 104 Å². The molecule has 0 aliphatic carbocycles. The molecule has 282 valence electrons. The van der Waals surface area contributed by atoms with E-state index >= 15 is 0 Å². The fourth-order valence-electron chi connectivity index (χ4n) is 7.70. The van der Waals surface area contributed by atoms with Crippen LogP contribution in [0.5, 0.6) is 11.5 Å². The van der Waals surface area contributed by atoms with E-state index < -0.39 is 48.5 Å². The summed E-state index contributed by atoms with van der Waals surface area (Å²) in [4.78, 5) is 67.8. The summed E-state index contributed by atoms with van der Waals surface area (Å²) in [5.41, 5.74) is 6.89. The summed E-state index contributed by atoms with van der Waals surface area (Å²) in [6.07, 6.45) is 0.800. The number of aliphatic hydroxyl groups is 2. The molecule has 6 N–H and O–H groups in total. The minimum absolute atomic E-state index is 0.293. The van der Waals surface area contributed by atoms with E-state index in [2.05, 4.69) is 40.0 Å². The normalized spacial score (nSPS) is 19.3. The number of hydrogen-bond acceptors (Lipinski definition) is 12. The van der Waals surface area contributed by atoms with E-state index in [1.165, 1.54) is 9.80 Å². The Labute approximate surface area is 307 Å². The van der Waals surface area contributed by atoms with E-state index in [0.29, 0.717) is 75.1 Å². The van der Waals surface area contributed by atoms with Crippen molar-refractivity contribution in [1.82, 2.24) is 40.4 Å². The first kappa shape index (κ1) is 34.9. The molecule has 4 aliphatic heterocycles. The number of carbonyl (C=O) groups is 4. The maximum Gasteiger partial charge on any atom is 0.409 e. The number of H-pyrrole nitrogens is 2. The Kier molecular flexibility index (Phi) is 9.06. The van der Waals surface area contributed by atoms with Gasteiger partial charge in [-0.2, -0.15) is 0 Å². The summed E-state index contributed by atoms with van der Waals surface area (Å²) in [7, 11) is 2.30. The third kappa shape index (κ3) is 6.21. The van der Waals surface area contributed by atoms with Crippen LogP contribution in [0.25, 0.3) is 33.6 Å². The number of amides is 4. The summed E-state index contributed by atoms with van der Waals surface area (Å²) in [6.45, 7) is 1.40. The third-order valence-electron chi connectivity index (χ3n) is 10.2. The number of nitrogens with zero attached hydrogens (tertiary/aromatic N) is 4. The van der Waals surface area contributed by atoms with Gasteiger partial charge in [0.05, 0.1) is 50.1 Å². The van der Waals surface area contributed by atoms with Gasteiger partial charge < -0.3 is 48.9 Å². The highest BCUT2D eigenvalue weighted by molar-refractivity contribution is 5.89. The van der Waals surface area contributed by atoms with Crippen molar-refractivity contribution in [3.05, 3.63) is 59.4 Å². The molecule has 4 atom stereocenters. The number of likely N-dealkylation sites (tertiary alicyclic amines) is 2. The van der Waals surface area contributed by atoms with Gasteiger partial charge in [-0.15, -0.1) is 0 Å². The van der Waals surface area contributed by atoms with Crippen molar-refractivity contribution >= 4 is 24.0 Å². The van der Waals surface area contributed by atoms with Crippen molar-refractivity contribution in [3.8, 4) is 45.1 Å². The van der Waals surface area contributed by atoms with E-state index in [-0.39, 0.29) is 0 Å². The lowest BCUT2D eigenvalue weighted by molar-refractivity contribution is -0.143. The minimum Gasteiger partial charge on any atom is -0.488 e. The zero-order valence-electron chi connectivity index (χ0n) is 29.4. The SMILES string of the molecule is COC(=O)N[C@@H](O)C(=O)N1CCC[C@H]1c1ncc(-c2cc3c4c(c2)OCc2cc(-c5cnc([C@@H]6CCCN6C(=O)[C@H](O)NC(=O)OC)[nH]5)cc(c2-4)OC3)[nH]1. The molecule has 54 heavy (non-hydrogen) atoms. The van der Waals surface area contributed by atoms with Crippen LogP contribution >= 0.6 is 0 Å². The number of nitrogens with one attached hydrogen (secondary N) is 4. The van der Waals surface area contributed by atoms with Gasteiger partial charge in [-0.05, 0) is 49.9 Å². The van der Waals surface area contributed by atoms with Gasteiger partial charge >= 0.3 is 12.2 Å². The molecule has 0 bridgehead atoms. The van der Waals surface area contributed by atoms with Gasteiger partial charge in [0.2, 0.25) is 12.5 Å². The van der Waals surface area contributed by atoms with Crippen LogP contribution in [0.15, 0.2) is 36.7 Å². The van der Waals surface area contributed by atoms with Gasteiger partial charge in [0.15, 0.2) is 0 Å². The van der Waals surface area contributed by atoms with E-state index in [9.17, 15) is 29.4 Å². The summed E-state index contributed by atoms with van der Waals surface area (Å²) < 4.78 is 21.7. The molecule has 0 spiro atoms. The van der Waals surface area contributed by atoms with Crippen LogP contribution in [0.2, 0.25) is 0 Å². The van der Waals surface area contributed by atoms with Gasteiger partial charge in [0.25, 0.3) is 11.8 Å². The van der Waals surface area contributed by atoms with Crippen LogP contribution in [-0.2, 0) is 32.3 Å².